The predicted octanol–water partition coefficient (Wildman–Crippen LogP) is 6.19. The van der Waals surface area contributed by atoms with Crippen molar-refractivity contribution in [1.82, 2.24) is 20.2 Å². The third-order valence-corrected chi connectivity index (χ3v) is 8.66. The lowest BCUT2D eigenvalue weighted by Gasteiger charge is -2.28. The zero-order valence-electron chi connectivity index (χ0n) is 25.9. The fourth-order valence-electron chi connectivity index (χ4n) is 6.04. The third kappa shape index (κ3) is 6.83. The Balaban J connectivity index is 1.16. The number of amides is 2. The van der Waals surface area contributed by atoms with Gasteiger partial charge in [-0.3, -0.25) is 9.69 Å². The van der Waals surface area contributed by atoms with Gasteiger partial charge >= 0.3 is 6.09 Å². The van der Waals surface area contributed by atoms with Crippen LogP contribution in [0.5, 0.6) is 0 Å². The second-order valence-electron chi connectivity index (χ2n) is 12.1. The second kappa shape index (κ2) is 13.1. The van der Waals surface area contributed by atoms with Crippen molar-refractivity contribution in [1.29, 1.82) is 0 Å². The number of rotatable bonds is 12. The van der Waals surface area contributed by atoms with Crippen molar-refractivity contribution in [2.75, 3.05) is 25.6 Å². The molecule has 0 spiro atoms. The highest BCUT2D eigenvalue weighted by molar-refractivity contribution is 5.78. The molecule has 9 heteroatoms. The Bertz CT molecular complexity index is 1640. The molecule has 0 bridgehead atoms. The quantitative estimate of drug-likeness (QED) is 0.198. The van der Waals surface area contributed by atoms with E-state index in [-0.39, 0.29) is 24.1 Å². The van der Waals surface area contributed by atoms with E-state index in [0.717, 1.165) is 40.9 Å². The average molecular weight is 606 g/mol. The zero-order valence-corrected chi connectivity index (χ0v) is 25.9. The van der Waals surface area contributed by atoms with Crippen LogP contribution in [-0.2, 0) is 26.2 Å². The average Bonchev–Trinajstić information content (AvgIpc) is 3.77. The first kappa shape index (κ1) is 30.3. The molecular formula is C36H39N5O4. The second-order valence-corrected chi connectivity index (χ2v) is 12.1. The van der Waals surface area contributed by atoms with E-state index in [9.17, 15) is 9.59 Å². The Hall–Kier alpha value is -4.76. The largest absolute Gasteiger partial charge is 0.442 e. The number of aromatic nitrogens is 2. The zero-order chi connectivity index (χ0) is 31.4. The van der Waals surface area contributed by atoms with Crippen LogP contribution < -0.4 is 10.6 Å². The first-order valence-electron chi connectivity index (χ1n) is 15.4. The molecule has 1 aliphatic heterocycles. The maximum absolute atomic E-state index is 13.3. The summed E-state index contributed by atoms with van der Waals surface area (Å²) in [6, 6.07) is 27.9. The van der Waals surface area contributed by atoms with Gasteiger partial charge in [-0.15, -0.1) is 0 Å². The summed E-state index contributed by atoms with van der Waals surface area (Å²) in [6.45, 7) is 4.68. The third-order valence-electron chi connectivity index (χ3n) is 8.66. The lowest BCUT2D eigenvalue weighted by atomic mass is 9.95. The standard InChI is InChI=1S/C36H39N5O4/c1-24(2)27-10-7-11-28(19-27)36(16-17-36)41-21-32(45-35(41)43)31(40-34(42)22-44-3)18-25-12-14-29(15-13-25)39-33-20-30(37-23-38-33)26-8-5-4-6-9-26/h4-15,19-20,23-24,31-32H,16-18,21-22H2,1-3H3,(H,40,42)(H,37,38,39)/t31-,32?/m0/s1. The van der Waals surface area contributed by atoms with Crippen molar-refractivity contribution in [2.45, 2.75) is 56.7 Å². The van der Waals surface area contributed by atoms with Crippen molar-refractivity contribution in [3.8, 4) is 11.3 Å². The maximum atomic E-state index is 13.3. The fraction of sp³-hybridized carbons (Fsp3) is 0.333. The summed E-state index contributed by atoms with van der Waals surface area (Å²) in [5.74, 6) is 0.833. The molecule has 1 saturated carbocycles. The van der Waals surface area contributed by atoms with Crippen LogP contribution in [-0.4, -0.2) is 59.3 Å². The molecule has 1 aromatic heterocycles. The monoisotopic (exact) mass is 605 g/mol. The minimum atomic E-state index is -0.501. The topological polar surface area (TPSA) is 106 Å². The summed E-state index contributed by atoms with van der Waals surface area (Å²) in [5.41, 5.74) is 5.76. The summed E-state index contributed by atoms with van der Waals surface area (Å²) in [4.78, 5) is 36.6. The van der Waals surface area contributed by atoms with Gasteiger partial charge in [0.15, 0.2) is 0 Å². The number of hydrogen-bond acceptors (Lipinski definition) is 7. The normalized spacial score (nSPS) is 17.6. The number of anilines is 2. The van der Waals surface area contributed by atoms with Crippen molar-refractivity contribution in [3.63, 3.8) is 0 Å². The number of hydrogen-bond donors (Lipinski definition) is 2. The van der Waals surface area contributed by atoms with E-state index in [2.05, 4.69) is 58.7 Å². The summed E-state index contributed by atoms with van der Waals surface area (Å²) in [6.07, 6.45) is 2.99. The molecule has 2 heterocycles. The lowest BCUT2D eigenvalue weighted by molar-refractivity contribution is -0.126. The first-order valence-corrected chi connectivity index (χ1v) is 15.4. The lowest BCUT2D eigenvalue weighted by Crippen LogP contribution is -2.48. The number of ether oxygens (including phenoxy) is 2. The number of methoxy groups -OCH3 is 1. The number of nitrogens with zero attached hydrogens (tertiary/aromatic N) is 3. The van der Waals surface area contributed by atoms with Crippen molar-refractivity contribution >= 4 is 23.5 Å². The summed E-state index contributed by atoms with van der Waals surface area (Å²) in [7, 11) is 1.49. The highest BCUT2D eigenvalue weighted by Gasteiger charge is 2.56. The number of carbonyl (C=O) groups is 2. The molecule has 9 nitrogen and oxygen atoms in total. The molecule has 3 aromatic carbocycles. The molecule has 4 aromatic rings. The Morgan fingerprint density at radius 1 is 1.02 bits per heavy atom. The number of cyclic esters (lactones) is 1. The molecule has 1 saturated heterocycles. The van der Waals surface area contributed by atoms with Crippen LogP contribution in [0.25, 0.3) is 11.3 Å². The summed E-state index contributed by atoms with van der Waals surface area (Å²) < 4.78 is 11.0. The van der Waals surface area contributed by atoms with E-state index in [4.69, 9.17) is 9.47 Å². The molecule has 1 unspecified atom stereocenters. The molecule has 2 N–H and O–H groups in total. The van der Waals surface area contributed by atoms with Crippen LogP contribution in [0.1, 0.15) is 49.3 Å². The van der Waals surface area contributed by atoms with Gasteiger partial charge in [0.25, 0.3) is 0 Å². The van der Waals surface area contributed by atoms with Gasteiger partial charge in [-0.1, -0.05) is 80.6 Å². The molecule has 45 heavy (non-hydrogen) atoms. The molecule has 2 atom stereocenters. The van der Waals surface area contributed by atoms with E-state index in [1.165, 1.54) is 12.7 Å². The predicted molar refractivity (Wildman–Crippen MR) is 173 cm³/mol. The van der Waals surface area contributed by atoms with Crippen molar-refractivity contribution < 1.29 is 19.1 Å². The number of benzene rings is 3. The van der Waals surface area contributed by atoms with Crippen LogP contribution >= 0.6 is 0 Å². The molecule has 1 aliphatic carbocycles. The van der Waals surface area contributed by atoms with Gasteiger partial charge in [0.1, 0.15) is 24.9 Å². The van der Waals surface area contributed by atoms with Gasteiger partial charge in [0.05, 0.1) is 23.8 Å². The summed E-state index contributed by atoms with van der Waals surface area (Å²) in [5, 5.41) is 6.41. The van der Waals surface area contributed by atoms with Gasteiger partial charge in [0.2, 0.25) is 5.91 Å². The van der Waals surface area contributed by atoms with Crippen molar-refractivity contribution in [3.05, 3.63) is 108 Å². The first-order chi connectivity index (χ1) is 21.8. The minimum absolute atomic E-state index is 0.0699. The van der Waals surface area contributed by atoms with Gasteiger partial charge in [-0.25, -0.2) is 14.8 Å². The Kier molecular flexibility index (Phi) is 8.80. The van der Waals surface area contributed by atoms with Crippen LogP contribution in [0.15, 0.2) is 91.3 Å². The molecule has 2 fully saturated rings. The van der Waals surface area contributed by atoms with Gasteiger partial charge in [-0.2, -0.15) is 0 Å². The minimum Gasteiger partial charge on any atom is -0.442 e. The van der Waals surface area contributed by atoms with E-state index >= 15 is 0 Å². The molecular weight excluding hydrogens is 566 g/mol. The van der Waals surface area contributed by atoms with Crippen LogP contribution in [0.3, 0.4) is 0 Å². The molecule has 0 radical (unpaired) electrons. The van der Waals surface area contributed by atoms with Gasteiger partial charge in [-0.05, 0) is 54.0 Å². The highest BCUT2D eigenvalue weighted by atomic mass is 16.6. The van der Waals surface area contributed by atoms with Crippen LogP contribution in [0.2, 0.25) is 0 Å². The van der Waals surface area contributed by atoms with E-state index < -0.39 is 12.1 Å². The number of nitrogens with one attached hydrogen (secondary N) is 2. The Labute approximate surface area is 264 Å². The fourth-order valence-corrected chi connectivity index (χ4v) is 6.04. The SMILES string of the molecule is COCC(=O)N[C@@H](Cc1ccc(Nc2cc(-c3ccccc3)ncn2)cc1)C1CN(C2(c3cccc(C(C)C)c3)CC2)C(=O)O1. The highest BCUT2D eigenvalue weighted by Crippen LogP contribution is 2.53. The molecule has 2 amide bonds. The molecule has 6 rings (SSSR count). The van der Waals surface area contributed by atoms with E-state index in [1.54, 1.807) is 6.33 Å². The van der Waals surface area contributed by atoms with Crippen LogP contribution in [0, 0.1) is 0 Å². The Morgan fingerprint density at radius 2 is 1.80 bits per heavy atom. The molecule has 232 valence electrons. The Morgan fingerprint density at radius 3 is 2.51 bits per heavy atom. The number of carbonyl (C=O) groups excluding carboxylic acids is 2. The maximum Gasteiger partial charge on any atom is 0.411 e. The molecule has 2 aliphatic rings. The van der Waals surface area contributed by atoms with Gasteiger partial charge in [0, 0.05) is 24.4 Å². The van der Waals surface area contributed by atoms with E-state index in [0.29, 0.717) is 24.7 Å². The van der Waals surface area contributed by atoms with E-state index in [1.807, 2.05) is 65.6 Å². The summed E-state index contributed by atoms with van der Waals surface area (Å²) >= 11 is 0. The smallest absolute Gasteiger partial charge is 0.411 e. The van der Waals surface area contributed by atoms with Crippen LogP contribution in [0.4, 0.5) is 16.3 Å². The van der Waals surface area contributed by atoms with Gasteiger partial charge < -0.3 is 20.1 Å². The van der Waals surface area contributed by atoms with Crippen molar-refractivity contribution in [2.24, 2.45) is 0 Å².